The Morgan fingerprint density at radius 3 is 2.65 bits per heavy atom. The maximum atomic E-state index is 12.2. The molecule has 2 aromatic rings. The summed E-state index contributed by atoms with van der Waals surface area (Å²) in [5, 5.41) is 6.99. The average Bonchev–Trinajstić information content (AvgIpc) is 2.48. The van der Waals surface area contributed by atoms with Gasteiger partial charge in [0.05, 0.1) is 14.2 Å². The predicted molar refractivity (Wildman–Crippen MR) is 74.9 cm³/mol. The number of nitrogens with two attached hydrogens (primary N) is 1. The number of rotatable bonds is 5. The van der Waals surface area contributed by atoms with Crippen LogP contribution in [0.15, 0.2) is 41.3 Å². The van der Waals surface area contributed by atoms with Gasteiger partial charge in [-0.1, -0.05) is 0 Å². The number of hydrogen-bond acceptors (Lipinski definition) is 6. The molecule has 0 radical (unpaired) electrons. The lowest BCUT2D eigenvalue weighted by atomic mass is 10.3. The molecular weight excluding hydrogens is 280 g/mol. The summed E-state index contributed by atoms with van der Waals surface area (Å²) in [5.41, 5.74) is 5.90. The first kappa shape index (κ1) is 8.75. The summed E-state index contributed by atoms with van der Waals surface area (Å²) in [6.07, 6.45) is 0. The van der Waals surface area contributed by atoms with E-state index in [9.17, 15) is 8.42 Å². The number of hydrogen-bond donors (Lipinski definition) is 2. The molecule has 0 aliphatic carbocycles. The first-order chi connectivity index (χ1) is 11.4. The Morgan fingerprint density at radius 1 is 1.30 bits per heavy atom. The summed E-state index contributed by atoms with van der Waals surface area (Å²) in [4.78, 5) is -0.0393. The monoisotopic (exact) mass is 299 g/mol. The standard InChI is InChI=1S/C12H14N4O3S/c1-2-19-12-8-7-11(14-15-12)16-20(17,18)10-5-3-9(13)4-6-10/h3-8H,2,13H2,1H3,(H,14,16)/i1D3,2D2. The topological polar surface area (TPSA) is 107 Å². The molecular formula is C12H14N4O3S. The van der Waals surface area contributed by atoms with E-state index in [-0.39, 0.29) is 10.7 Å². The van der Waals surface area contributed by atoms with E-state index < -0.39 is 29.3 Å². The summed E-state index contributed by atoms with van der Waals surface area (Å²) in [7, 11) is -3.91. The Labute approximate surface area is 123 Å². The second-order valence-corrected chi connectivity index (χ2v) is 5.32. The van der Waals surface area contributed by atoms with E-state index in [1.807, 2.05) is 0 Å². The number of aromatic nitrogens is 2. The molecule has 0 spiro atoms. The van der Waals surface area contributed by atoms with Gasteiger partial charge in [-0.15, -0.1) is 10.2 Å². The molecule has 0 aliphatic heterocycles. The molecule has 1 aromatic carbocycles. The van der Waals surface area contributed by atoms with Gasteiger partial charge in [-0.25, -0.2) is 8.42 Å². The van der Waals surface area contributed by atoms with Gasteiger partial charge in [0, 0.05) is 15.9 Å². The van der Waals surface area contributed by atoms with Crippen molar-refractivity contribution >= 4 is 21.5 Å². The van der Waals surface area contributed by atoms with Crippen molar-refractivity contribution in [1.29, 1.82) is 0 Å². The first-order valence-electron chi connectivity index (χ1n) is 7.82. The van der Waals surface area contributed by atoms with Crippen LogP contribution in [-0.4, -0.2) is 25.2 Å². The molecule has 0 aliphatic rings. The van der Waals surface area contributed by atoms with Crippen molar-refractivity contribution in [2.45, 2.75) is 11.7 Å². The van der Waals surface area contributed by atoms with Crippen molar-refractivity contribution in [3.63, 3.8) is 0 Å². The van der Waals surface area contributed by atoms with Gasteiger partial charge in [-0.05, 0) is 37.2 Å². The van der Waals surface area contributed by atoms with Crippen LogP contribution in [0, 0.1) is 0 Å². The average molecular weight is 299 g/mol. The Balaban J connectivity index is 2.14. The lowest BCUT2D eigenvalue weighted by Gasteiger charge is -2.07. The summed E-state index contributed by atoms with van der Waals surface area (Å²) in [6, 6.07) is 7.73. The number of ether oxygens (including phenoxy) is 1. The van der Waals surface area contributed by atoms with Crippen LogP contribution in [0.2, 0.25) is 0 Å². The molecule has 7 nitrogen and oxygen atoms in total. The van der Waals surface area contributed by atoms with Crippen molar-refractivity contribution in [1.82, 2.24) is 10.2 Å². The Kier molecular flexibility index (Phi) is 2.51. The highest BCUT2D eigenvalue weighted by molar-refractivity contribution is 7.92. The third-order valence-corrected chi connectivity index (χ3v) is 3.60. The molecule has 8 heteroatoms. The highest BCUT2D eigenvalue weighted by Gasteiger charge is 2.14. The van der Waals surface area contributed by atoms with Gasteiger partial charge in [0.1, 0.15) is 0 Å². The highest BCUT2D eigenvalue weighted by atomic mass is 32.2. The van der Waals surface area contributed by atoms with Gasteiger partial charge < -0.3 is 10.5 Å². The number of nitrogens with zero attached hydrogens (tertiary/aromatic N) is 2. The van der Waals surface area contributed by atoms with Crippen LogP contribution < -0.4 is 15.2 Å². The SMILES string of the molecule is [2H]C([2H])([2H])C([2H])([2H])Oc1ccc(NS(=O)(=O)c2ccc(N)cc2)nn1. The molecule has 3 N–H and O–H groups in total. The summed E-state index contributed by atoms with van der Waals surface area (Å²) in [6.45, 7) is -5.99. The zero-order valence-electron chi connectivity index (χ0n) is 15.1. The van der Waals surface area contributed by atoms with Crippen molar-refractivity contribution < 1.29 is 20.0 Å². The molecule has 20 heavy (non-hydrogen) atoms. The quantitative estimate of drug-likeness (QED) is 0.805. The maximum absolute atomic E-state index is 12.2. The van der Waals surface area contributed by atoms with Gasteiger partial charge in [-0.2, -0.15) is 0 Å². The molecule has 1 aromatic heterocycles. The van der Waals surface area contributed by atoms with Gasteiger partial charge >= 0.3 is 0 Å². The minimum Gasteiger partial charge on any atom is -0.477 e. The first-order valence-corrected chi connectivity index (χ1v) is 6.80. The minimum atomic E-state index is -3.91. The van der Waals surface area contributed by atoms with Crippen molar-refractivity contribution in [3.05, 3.63) is 36.4 Å². The van der Waals surface area contributed by atoms with Crippen LogP contribution in [0.4, 0.5) is 11.5 Å². The normalized spacial score (nSPS) is 16.1. The van der Waals surface area contributed by atoms with Gasteiger partial charge in [0.2, 0.25) is 5.88 Å². The molecule has 106 valence electrons. The molecule has 1 heterocycles. The van der Waals surface area contributed by atoms with Crippen molar-refractivity contribution in [2.24, 2.45) is 0 Å². The minimum absolute atomic E-state index is 0.0393. The van der Waals surface area contributed by atoms with Crippen LogP contribution in [0.5, 0.6) is 5.88 Å². The predicted octanol–water partition coefficient (Wildman–Crippen LogP) is 1.26. The number of nitrogens with one attached hydrogen (secondary N) is 1. The Bertz CT molecular complexity index is 839. The Morgan fingerprint density at radius 2 is 2.05 bits per heavy atom. The van der Waals surface area contributed by atoms with E-state index in [0.717, 1.165) is 12.1 Å². The van der Waals surface area contributed by atoms with Crippen LogP contribution in [0.3, 0.4) is 0 Å². The fraction of sp³-hybridized carbons (Fsp3) is 0.167. The highest BCUT2D eigenvalue weighted by Crippen LogP contribution is 2.16. The Hall–Kier alpha value is -2.35. The van der Waals surface area contributed by atoms with E-state index in [1.165, 1.54) is 24.3 Å². The third kappa shape index (κ3) is 3.35. The van der Waals surface area contributed by atoms with E-state index >= 15 is 0 Å². The van der Waals surface area contributed by atoms with Crippen LogP contribution >= 0.6 is 0 Å². The third-order valence-electron chi connectivity index (χ3n) is 2.23. The molecule has 0 amide bonds. The zero-order chi connectivity index (χ0) is 18.9. The second-order valence-electron chi connectivity index (χ2n) is 3.64. The van der Waals surface area contributed by atoms with Gasteiger partial charge in [0.25, 0.3) is 10.0 Å². The lowest BCUT2D eigenvalue weighted by molar-refractivity contribution is 0.323. The molecule has 0 bridgehead atoms. The summed E-state index contributed by atoms with van der Waals surface area (Å²) >= 11 is 0. The fourth-order valence-corrected chi connectivity index (χ4v) is 2.32. The van der Waals surface area contributed by atoms with Crippen LogP contribution in [-0.2, 0) is 10.0 Å². The van der Waals surface area contributed by atoms with Crippen molar-refractivity contribution in [3.8, 4) is 5.88 Å². The zero-order valence-corrected chi connectivity index (χ0v) is 10.9. The van der Waals surface area contributed by atoms with E-state index in [4.69, 9.17) is 12.6 Å². The van der Waals surface area contributed by atoms with E-state index in [1.54, 1.807) is 0 Å². The van der Waals surface area contributed by atoms with Crippen LogP contribution in [0.25, 0.3) is 0 Å². The summed E-state index contributed by atoms with van der Waals surface area (Å²) < 4.78 is 67.0. The van der Waals surface area contributed by atoms with Gasteiger partial charge in [-0.3, -0.25) is 4.72 Å². The smallest absolute Gasteiger partial charge is 0.263 e. The lowest BCUT2D eigenvalue weighted by Crippen LogP contribution is -2.14. The van der Waals surface area contributed by atoms with Crippen LogP contribution in [0.1, 0.15) is 13.7 Å². The number of nitrogen functional groups attached to an aromatic ring is 1. The van der Waals surface area contributed by atoms with Gasteiger partial charge in [0.15, 0.2) is 5.82 Å². The number of sulfonamides is 1. The maximum Gasteiger partial charge on any atom is 0.263 e. The molecule has 0 saturated heterocycles. The number of anilines is 2. The molecule has 0 atom stereocenters. The molecule has 0 fully saturated rings. The number of benzene rings is 1. The molecule has 0 saturated carbocycles. The van der Waals surface area contributed by atoms with E-state index in [0.29, 0.717) is 5.69 Å². The van der Waals surface area contributed by atoms with E-state index in [2.05, 4.69) is 19.7 Å². The largest absolute Gasteiger partial charge is 0.477 e. The molecule has 2 rings (SSSR count). The van der Waals surface area contributed by atoms with Crippen molar-refractivity contribution in [2.75, 3.05) is 17.0 Å². The second kappa shape index (κ2) is 5.74. The molecule has 0 unspecified atom stereocenters. The summed E-state index contributed by atoms with van der Waals surface area (Å²) in [5.74, 6) is -0.560. The fourth-order valence-electron chi connectivity index (χ4n) is 1.32.